The molecule has 1 amide bonds. The van der Waals surface area contributed by atoms with Gasteiger partial charge in [0, 0.05) is 36.6 Å². The molecule has 5 radical (unpaired) electrons. The number of carbonyl (C=O) groups is 2. The Morgan fingerprint density at radius 3 is 2.00 bits per heavy atom. The summed E-state index contributed by atoms with van der Waals surface area (Å²) in [5.74, 6) is 0.862. The van der Waals surface area contributed by atoms with Crippen LogP contribution in [-0.4, -0.2) is 29.8 Å². The van der Waals surface area contributed by atoms with Gasteiger partial charge in [0.25, 0.3) is 5.91 Å². The Kier molecular flexibility index (Phi) is 6.18. The van der Waals surface area contributed by atoms with Gasteiger partial charge in [-0.1, -0.05) is 48.5 Å². The van der Waals surface area contributed by atoms with Crippen LogP contribution in [0, 0.1) is 31.6 Å². The molecule has 0 spiro atoms. The molecule has 2 aromatic carbocycles. The Bertz CT molecular complexity index is 724. The first-order valence-corrected chi connectivity index (χ1v) is 8.54. The zero-order chi connectivity index (χ0) is 18.4. The van der Waals surface area contributed by atoms with E-state index in [1.807, 2.05) is 74.2 Å². The zero-order valence-corrected chi connectivity index (χ0v) is 14.6. The average molecular weight is 345 g/mol. The molecule has 4 heteroatoms. The van der Waals surface area contributed by atoms with Crippen LogP contribution < -0.4 is 5.43 Å². The molecule has 131 valence electrons. The number of Topliss-reactive ketones (excluding diaryl/α,β-unsaturated/α-hetero) is 1. The van der Waals surface area contributed by atoms with E-state index in [2.05, 4.69) is 5.43 Å². The lowest BCUT2D eigenvalue weighted by Crippen LogP contribution is -2.48. The van der Waals surface area contributed by atoms with Crippen LogP contribution in [0.15, 0.2) is 60.7 Å². The van der Waals surface area contributed by atoms with E-state index in [9.17, 15) is 9.59 Å². The van der Waals surface area contributed by atoms with Crippen molar-refractivity contribution in [2.45, 2.75) is 12.5 Å². The lowest BCUT2D eigenvalue weighted by molar-refractivity contribution is 0.0676. The van der Waals surface area contributed by atoms with Gasteiger partial charge in [0.2, 0.25) is 0 Å². The lowest BCUT2D eigenvalue weighted by Gasteiger charge is -2.29. The fourth-order valence-corrected chi connectivity index (χ4v) is 2.85. The fourth-order valence-electron chi connectivity index (χ4n) is 2.85. The molecule has 26 heavy (non-hydrogen) atoms. The summed E-state index contributed by atoms with van der Waals surface area (Å²) in [5.41, 5.74) is 4.45. The molecule has 1 aliphatic carbocycles. The van der Waals surface area contributed by atoms with Crippen LogP contribution in [0.25, 0.3) is 0 Å². The van der Waals surface area contributed by atoms with Crippen molar-refractivity contribution >= 4 is 11.7 Å². The Hall–Kier alpha value is -2.46. The topological polar surface area (TPSA) is 49.4 Å². The summed E-state index contributed by atoms with van der Waals surface area (Å²) in [6.45, 7) is 0. The van der Waals surface area contributed by atoms with Gasteiger partial charge in [-0.15, -0.1) is 0 Å². The normalized spacial score (nSPS) is 15.6. The number of amides is 1. The molecule has 2 aromatic rings. The minimum absolute atomic E-state index is 0.0323. The third-order valence-corrected chi connectivity index (χ3v) is 4.25. The van der Waals surface area contributed by atoms with E-state index >= 15 is 0 Å². The largest absolute Gasteiger partial charge is 0.294 e. The van der Waals surface area contributed by atoms with Crippen molar-refractivity contribution in [3.63, 3.8) is 0 Å². The quantitative estimate of drug-likeness (QED) is 0.619. The maximum absolute atomic E-state index is 12.6. The Balaban J connectivity index is 1.70. The molecule has 0 aromatic heterocycles. The van der Waals surface area contributed by atoms with Crippen LogP contribution in [0.5, 0.6) is 0 Å². The maximum Gasteiger partial charge on any atom is 0.267 e. The molecule has 4 nitrogen and oxygen atoms in total. The first-order valence-electron chi connectivity index (χ1n) is 8.54. The smallest absolute Gasteiger partial charge is 0.267 e. The van der Waals surface area contributed by atoms with Gasteiger partial charge in [0.15, 0.2) is 5.78 Å². The number of hydrazine groups is 1. The van der Waals surface area contributed by atoms with E-state index in [4.69, 9.17) is 0 Å². The van der Waals surface area contributed by atoms with Crippen molar-refractivity contribution in [3.05, 3.63) is 103 Å². The van der Waals surface area contributed by atoms with Gasteiger partial charge < -0.3 is 0 Å². The van der Waals surface area contributed by atoms with Gasteiger partial charge >= 0.3 is 0 Å². The second kappa shape index (κ2) is 8.77. The number of ketones is 1. The lowest BCUT2D eigenvalue weighted by atomic mass is 9.92. The summed E-state index contributed by atoms with van der Waals surface area (Å²) in [7, 11) is 1.68. The van der Waals surface area contributed by atoms with Gasteiger partial charge in [-0.3, -0.25) is 14.6 Å². The maximum atomic E-state index is 12.6. The van der Waals surface area contributed by atoms with E-state index < -0.39 is 0 Å². The SMILES string of the molecule is CN(NC(CC(=O)c1ccccc1)[C]1[CH][CH][CH][CH]1)C(=O)c1ccccc1. The predicted octanol–water partition coefficient (Wildman–Crippen LogP) is 3.31. The Morgan fingerprint density at radius 2 is 1.42 bits per heavy atom. The number of rotatable bonds is 7. The summed E-state index contributed by atoms with van der Waals surface area (Å²) >= 11 is 0. The van der Waals surface area contributed by atoms with Gasteiger partial charge in [0.05, 0.1) is 0 Å². The van der Waals surface area contributed by atoms with E-state index in [0.717, 1.165) is 5.92 Å². The monoisotopic (exact) mass is 345 g/mol. The van der Waals surface area contributed by atoms with Crippen LogP contribution in [-0.2, 0) is 0 Å². The van der Waals surface area contributed by atoms with Crippen molar-refractivity contribution in [1.82, 2.24) is 10.4 Å². The summed E-state index contributed by atoms with van der Waals surface area (Å²) in [6, 6.07) is 18.0. The molecule has 0 saturated heterocycles. The van der Waals surface area contributed by atoms with E-state index in [0.29, 0.717) is 11.1 Å². The molecule has 1 saturated carbocycles. The van der Waals surface area contributed by atoms with E-state index in [1.54, 1.807) is 19.2 Å². The highest BCUT2D eigenvalue weighted by atomic mass is 16.2. The summed E-state index contributed by atoms with van der Waals surface area (Å²) < 4.78 is 0. The van der Waals surface area contributed by atoms with Gasteiger partial charge in [-0.2, -0.15) is 0 Å². The van der Waals surface area contributed by atoms with Crippen LogP contribution in [0.3, 0.4) is 0 Å². The molecule has 1 atom stereocenters. The number of carbonyl (C=O) groups excluding carboxylic acids is 2. The summed E-state index contributed by atoms with van der Waals surface area (Å²) in [4.78, 5) is 25.2. The molecule has 0 bridgehead atoms. The van der Waals surface area contributed by atoms with E-state index in [1.165, 1.54) is 5.01 Å². The molecule has 0 heterocycles. The minimum atomic E-state index is -0.282. The van der Waals surface area contributed by atoms with Crippen molar-refractivity contribution in [1.29, 1.82) is 0 Å². The number of nitrogens with one attached hydrogen (secondary N) is 1. The highest BCUT2D eigenvalue weighted by molar-refractivity contribution is 5.97. The minimum Gasteiger partial charge on any atom is -0.294 e. The first kappa shape index (κ1) is 18.3. The molecular weight excluding hydrogens is 324 g/mol. The molecule has 0 aliphatic heterocycles. The van der Waals surface area contributed by atoms with E-state index in [-0.39, 0.29) is 24.2 Å². The number of hydrogen-bond acceptors (Lipinski definition) is 3. The standard InChI is InChI=1S/C22H21N2O2/c1-24(22(26)19-14-6-3-7-15-19)23-20(17-10-8-9-11-17)16-21(25)18-12-4-2-5-13-18/h2-15,20,23H,16H2,1H3. The molecule has 1 aliphatic rings. The molecule has 3 rings (SSSR count). The van der Waals surface area contributed by atoms with Gasteiger partial charge in [0.1, 0.15) is 0 Å². The molecule has 1 fully saturated rings. The molecular formula is C22H21N2O2. The van der Waals surface area contributed by atoms with Gasteiger partial charge in [-0.05, 0) is 37.8 Å². The van der Waals surface area contributed by atoms with Crippen LogP contribution >= 0.6 is 0 Å². The second-order valence-electron chi connectivity index (χ2n) is 6.12. The summed E-state index contributed by atoms with van der Waals surface area (Å²) in [6.07, 6.45) is 8.03. The zero-order valence-electron chi connectivity index (χ0n) is 14.6. The average Bonchev–Trinajstić information content (AvgIpc) is 3.23. The Morgan fingerprint density at radius 1 is 0.885 bits per heavy atom. The highest BCUT2D eigenvalue weighted by Crippen LogP contribution is 2.29. The van der Waals surface area contributed by atoms with Crippen molar-refractivity contribution < 1.29 is 9.59 Å². The van der Waals surface area contributed by atoms with Crippen molar-refractivity contribution in [2.75, 3.05) is 7.05 Å². The number of benzene rings is 2. The number of hydrogen-bond donors (Lipinski definition) is 1. The summed E-state index contributed by atoms with van der Waals surface area (Å²) in [5, 5.41) is 1.45. The number of nitrogens with zero attached hydrogens (tertiary/aromatic N) is 1. The van der Waals surface area contributed by atoms with Crippen molar-refractivity contribution in [2.24, 2.45) is 0 Å². The molecule has 1 N–H and O–H groups in total. The van der Waals surface area contributed by atoms with Crippen LogP contribution in [0.2, 0.25) is 0 Å². The predicted molar refractivity (Wildman–Crippen MR) is 101 cm³/mol. The Labute approximate surface area is 155 Å². The fraction of sp³-hybridized carbons (Fsp3) is 0.136. The third kappa shape index (κ3) is 4.58. The highest BCUT2D eigenvalue weighted by Gasteiger charge is 2.30. The third-order valence-electron chi connectivity index (χ3n) is 4.25. The van der Waals surface area contributed by atoms with Crippen LogP contribution in [0.1, 0.15) is 27.1 Å². The van der Waals surface area contributed by atoms with Crippen molar-refractivity contribution in [3.8, 4) is 0 Å². The first-order chi connectivity index (χ1) is 12.6. The van der Waals surface area contributed by atoms with Crippen LogP contribution in [0.4, 0.5) is 0 Å². The van der Waals surface area contributed by atoms with Gasteiger partial charge in [-0.25, -0.2) is 5.43 Å². The molecule has 1 unspecified atom stereocenters. The second-order valence-corrected chi connectivity index (χ2v) is 6.12.